The van der Waals surface area contributed by atoms with Crippen molar-refractivity contribution >= 4 is 29.2 Å². The van der Waals surface area contributed by atoms with E-state index in [2.05, 4.69) is 24.1 Å². The molecular formula is C18H19ClN2O3. The lowest BCUT2D eigenvalue weighted by Gasteiger charge is -2.08. The minimum Gasteiger partial charge on any atom is -0.452 e. The monoisotopic (exact) mass is 346 g/mol. The van der Waals surface area contributed by atoms with Gasteiger partial charge in [0.1, 0.15) is 0 Å². The summed E-state index contributed by atoms with van der Waals surface area (Å²) in [5, 5.41) is 2.72. The number of pyridine rings is 1. The molecule has 0 aliphatic heterocycles. The Labute approximate surface area is 146 Å². The predicted octanol–water partition coefficient (Wildman–Crippen LogP) is 3.73. The van der Waals surface area contributed by atoms with Crippen LogP contribution >= 0.6 is 11.6 Å². The van der Waals surface area contributed by atoms with Gasteiger partial charge in [0.05, 0.1) is 11.3 Å². The van der Waals surface area contributed by atoms with Crippen LogP contribution in [0.15, 0.2) is 42.6 Å². The van der Waals surface area contributed by atoms with Crippen molar-refractivity contribution in [2.24, 2.45) is 5.92 Å². The molecule has 0 saturated carbocycles. The molecule has 126 valence electrons. The van der Waals surface area contributed by atoms with Gasteiger partial charge < -0.3 is 10.1 Å². The summed E-state index contributed by atoms with van der Waals surface area (Å²) >= 11 is 5.84. The van der Waals surface area contributed by atoms with E-state index in [1.54, 1.807) is 24.3 Å². The third-order valence-electron chi connectivity index (χ3n) is 3.20. The molecule has 1 amide bonds. The van der Waals surface area contributed by atoms with Crippen LogP contribution in [0, 0.1) is 5.92 Å². The number of benzene rings is 1. The molecule has 2 aromatic rings. The summed E-state index contributed by atoms with van der Waals surface area (Å²) in [5.41, 5.74) is 1.94. The molecule has 0 aliphatic carbocycles. The van der Waals surface area contributed by atoms with E-state index in [0.29, 0.717) is 17.2 Å². The second kappa shape index (κ2) is 8.45. The van der Waals surface area contributed by atoms with Gasteiger partial charge in [0.2, 0.25) is 0 Å². The lowest BCUT2D eigenvalue weighted by molar-refractivity contribution is -0.119. The number of nitrogens with zero attached hydrogens (tertiary/aromatic N) is 1. The maximum Gasteiger partial charge on any atom is 0.338 e. The zero-order valence-corrected chi connectivity index (χ0v) is 14.3. The summed E-state index contributed by atoms with van der Waals surface area (Å²) in [6.45, 7) is 3.88. The summed E-state index contributed by atoms with van der Waals surface area (Å²) in [6, 6.07) is 10.5. The Morgan fingerprint density at radius 2 is 1.92 bits per heavy atom. The molecule has 2 rings (SSSR count). The number of anilines is 1. The van der Waals surface area contributed by atoms with Crippen LogP contribution in [-0.4, -0.2) is 23.5 Å². The third kappa shape index (κ3) is 5.35. The van der Waals surface area contributed by atoms with Crippen LogP contribution in [-0.2, 0) is 16.0 Å². The quantitative estimate of drug-likeness (QED) is 0.639. The summed E-state index contributed by atoms with van der Waals surface area (Å²) in [7, 11) is 0. The topological polar surface area (TPSA) is 68.3 Å². The molecule has 1 aromatic heterocycles. The maximum atomic E-state index is 12.0. The number of rotatable bonds is 6. The van der Waals surface area contributed by atoms with Crippen LogP contribution in [0.2, 0.25) is 5.15 Å². The van der Waals surface area contributed by atoms with Gasteiger partial charge in [-0.3, -0.25) is 4.79 Å². The van der Waals surface area contributed by atoms with Gasteiger partial charge >= 0.3 is 5.97 Å². The first-order chi connectivity index (χ1) is 11.5. The second-order valence-electron chi connectivity index (χ2n) is 5.76. The molecule has 0 radical (unpaired) electrons. The minimum atomic E-state index is -0.543. The summed E-state index contributed by atoms with van der Waals surface area (Å²) in [4.78, 5) is 27.6. The average molecular weight is 347 g/mol. The van der Waals surface area contributed by atoms with Crippen LogP contribution in [0.25, 0.3) is 0 Å². The van der Waals surface area contributed by atoms with Crippen LogP contribution in [0.1, 0.15) is 29.8 Å². The largest absolute Gasteiger partial charge is 0.452 e. The SMILES string of the molecule is CC(C)Cc1ccc(C(=O)OCC(=O)Nc2cccnc2Cl)cc1. The number of hydrogen-bond donors (Lipinski definition) is 1. The smallest absolute Gasteiger partial charge is 0.338 e. The Bertz CT molecular complexity index is 714. The lowest BCUT2D eigenvalue weighted by atomic mass is 10.0. The minimum absolute atomic E-state index is 0.179. The van der Waals surface area contributed by atoms with Crippen LogP contribution < -0.4 is 5.32 Å². The molecule has 0 unspecified atom stereocenters. The molecule has 0 atom stereocenters. The van der Waals surface area contributed by atoms with Crippen molar-refractivity contribution in [3.8, 4) is 0 Å². The maximum absolute atomic E-state index is 12.0. The average Bonchev–Trinajstić information content (AvgIpc) is 2.55. The fourth-order valence-corrected chi connectivity index (χ4v) is 2.29. The Morgan fingerprint density at radius 3 is 2.54 bits per heavy atom. The third-order valence-corrected chi connectivity index (χ3v) is 3.50. The fraction of sp³-hybridized carbons (Fsp3) is 0.278. The Balaban J connectivity index is 1.86. The van der Waals surface area contributed by atoms with E-state index < -0.39 is 18.5 Å². The molecular weight excluding hydrogens is 328 g/mol. The fourth-order valence-electron chi connectivity index (χ4n) is 2.13. The van der Waals surface area contributed by atoms with Gasteiger partial charge in [-0.15, -0.1) is 0 Å². The first kappa shape index (κ1) is 17.9. The van der Waals surface area contributed by atoms with E-state index >= 15 is 0 Å². The molecule has 1 heterocycles. The Hall–Kier alpha value is -2.40. The van der Waals surface area contributed by atoms with E-state index in [0.717, 1.165) is 12.0 Å². The molecule has 5 nitrogen and oxygen atoms in total. The van der Waals surface area contributed by atoms with Crippen LogP contribution in [0.4, 0.5) is 5.69 Å². The number of amides is 1. The molecule has 0 saturated heterocycles. The number of carbonyl (C=O) groups is 2. The highest BCUT2D eigenvalue weighted by Crippen LogP contribution is 2.17. The lowest BCUT2D eigenvalue weighted by Crippen LogP contribution is -2.21. The standard InChI is InChI=1S/C18H19ClN2O3/c1-12(2)10-13-5-7-14(8-6-13)18(23)24-11-16(22)21-15-4-3-9-20-17(15)19/h3-9,12H,10-11H2,1-2H3,(H,21,22). The van der Waals surface area contributed by atoms with Gasteiger partial charge in [-0.25, -0.2) is 9.78 Å². The van der Waals surface area contributed by atoms with Gasteiger partial charge in [-0.2, -0.15) is 0 Å². The number of nitrogens with one attached hydrogen (secondary N) is 1. The molecule has 0 fully saturated rings. The number of hydrogen-bond acceptors (Lipinski definition) is 4. The van der Waals surface area contributed by atoms with Crippen molar-refractivity contribution in [2.45, 2.75) is 20.3 Å². The van der Waals surface area contributed by atoms with E-state index in [-0.39, 0.29) is 5.15 Å². The van der Waals surface area contributed by atoms with E-state index in [9.17, 15) is 9.59 Å². The number of carbonyl (C=O) groups excluding carboxylic acids is 2. The number of esters is 1. The Morgan fingerprint density at radius 1 is 1.21 bits per heavy atom. The van der Waals surface area contributed by atoms with Crippen molar-refractivity contribution in [3.63, 3.8) is 0 Å². The molecule has 0 spiro atoms. The van der Waals surface area contributed by atoms with Crippen LogP contribution in [0.5, 0.6) is 0 Å². The highest BCUT2D eigenvalue weighted by molar-refractivity contribution is 6.32. The second-order valence-corrected chi connectivity index (χ2v) is 6.12. The molecule has 1 N–H and O–H groups in total. The molecule has 24 heavy (non-hydrogen) atoms. The van der Waals surface area contributed by atoms with Crippen molar-refractivity contribution in [1.29, 1.82) is 0 Å². The summed E-state index contributed by atoms with van der Waals surface area (Å²) in [5.74, 6) is -0.473. The number of halogens is 1. The van der Waals surface area contributed by atoms with Crippen LogP contribution in [0.3, 0.4) is 0 Å². The first-order valence-corrected chi connectivity index (χ1v) is 8.00. The zero-order chi connectivity index (χ0) is 17.5. The van der Waals surface area contributed by atoms with E-state index in [4.69, 9.17) is 16.3 Å². The van der Waals surface area contributed by atoms with Gasteiger partial charge in [-0.05, 0) is 42.2 Å². The van der Waals surface area contributed by atoms with Crippen molar-refractivity contribution in [1.82, 2.24) is 4.98 Å². The van der Waals surface area contributed by atoms with Gasteiger partial charge in [0.25, 0.3) is 5.91 Å². The Kier molecular flexibility index (Phi) is 6.32. The van der Waals surface area contributed by atoms with Crippen molar-refractivity contribution < 1.29 is 14.3 Å². The normalized spacial score (nSPS) is 10.5. The molecule has 6 heteroatoms. The zero-order valence-electron chi connectivity index (χ0n) is 13.6. The number of ether oxygens (including phenoxy) is 1. The number of aromatic nitrogens is 1. The van der Waals surface area contributed by atoms with E-state index in [1.165, 1.54) is 6.20 Å². The highest BCUT2D eigenvalue weighted by Gasteiger charge is 2.12. The van der Waals surface area contributed by atoms with E-state index in [1.807, 2.05) is 12.1 Å². The van der Waals surface area contributed by atoms with Gasteiger partial charge in [-0.1, -0.05) is 37.6 Å². The van der Waals surface area contributed by atoms with Crippen molar-refractivity contribution in [2.75, 3.05) is 11.9 Å². The molecule has 0 bridgehead atoms. The molecule has 1 aromatic carbocycles. The van der Waals surface area contributed by atoms with Crippen molar-refractivity contribution in [3.05, 3.63) is 58.9 Å². The first-order valence-electron chi connectivity index (χ1n) is 7.62. The summed E-state index contributed by atoms with van der Waals surface area (Å²) < 4.78 is 5.01. The van der Waals surface area contributed by atoms with Gasteiger partial charge in [0.15, 0.2) is 11.8 Å². The predicted molar refractivity (Wildman–Crippen MR) is 93.1 cm³/mol. The van der Waals surface area contributed by atoms with Gasteiger partial charge in [0, 0.05) is 6.20 Å². The highest BCUT2D eigenvalue weighted by atomic mass is 35.5. The summed E-state index contributed by atoms with van der Waals surface area (Å²) in [6.07, 6.45) is 2.46. The molecule has 0 aliphatic rings.